The standard InChI is InChI=1S/C29H28FNO3S/c1-18-11-12-31(17-18)13-14-34-23-8-4-20(5-9-23)27-24-10-7-22(32)16-26(24)35-29(27)28(33)25-15-21(30)6-3-19(25)2/h3-10,15-16,18,32H,11-14,17H2,1-2H3/t18-/m0/s1. The van der Waals surface area contributed by atoms with E-state index in [0.29, 0.717) is 17.0 Å². The lowest BCUT2D eigenvalue weighted by Crippen LogP contribution is -2.25. The minimum absolute atomic E-state index is 0.141. The van der Waals surface area contributed by atoms with Gasteiger partial charge in [-0.2, -0.15) is 0 Å². The number of halogens is 1. The van der Waals surface area contributed by atoms with Gasteiger partial charge < -0.3 is 9.84 Å². The molecule has 2 heterocycles. The summed E-state index contributed by atoms with van der Waals surface area (Å²) >= 11 is 1.31. The zero-order valence-electron chi connectivity index (χ0n) is 19.9. The fourth-order valence-electron chi connectivity index (χ4n) is 4.73. The van der Waals surface area contributed by atoms with Crippen LogP contribution in [0.5, 0.6) is 11.5 Å². The number of ketones is 1. The maximum absolute atomic E-state index is 14.0. The Labute approximate surface area is 208 Å². The summed E-state index contributed by atoms with van der Waals surface area (Å²) in [5.74, 6) is 1.01. The number of aromatic hydroxyl groups is 1. The van der Waals surface area contributed by atoms with Gasteiger partial charge >= 0.3 is 0 Å². The quantitative estimate of drug-likeness (QED) is 0.295. The van der Waals surface area contributed by atoms with E-state index in [9.17, 15) is 14.3 Å². The summed E-state index contributed by atoms with van der Waals surface area (Å²) in [6.45, 7) is 7.90. The molecule has 0 spiro atoms. The summed E-state index contributed by atoms with van der Waals surface area (Å²) in [6.07, 6.45) is 1.25. The first-order valence-electron chi connectivity index (χ1n) is 11.9. The summed E-state index contributed by atoms with van der Waals surface area (Å²) < 4.78 is 20.7. The van der Waals surface area contributed by atoms with E-state index < -0.39 is 5.82 Å². The number of carbonyl (C=O) groups excluding carboxylic acids is 1. The number of phenolic OH excluding ortho intramolecular Hbond substituents is 1. The molecule has 1 atom stereocenters. The van der Waals surface area contributed by atoms with Crippen molar-refractivity contribution in [1.29, 1.82) is 0 Å². The highest BCUT2D eigenvalue weighted by atomic mass is 32.1. The third-order valence-electron chi connectivity index (χ3n) is 6.65. The molecule has 6 heteroatoms. The van der Waals surface area contributed by atoms with Gasteiger partial charge in [0.05, 0.1) is 4.88 Å². The van der Waals surface area contributed by atoms with Crippen molar-refractivity contribution in [2.75, 3.05) is 26.2 Å². The number of fused-ring (bicyclic) bond motifs is 1. The average Bonchev–Trinajstić information content (AvgIpc) is 3.43. The number of ether oxygens (including phenoxy) is 1. The molecule has 1 saturated heterocycles. The maximum Gasteiger partial charge on any atom is 0.203 e. The zero-order valence-corrected chi connectivity index (χ0v) is 20.7. The van der Waals surface area contributed by atoms with Gasteiger partial charge in [0.15, 0.2) is 0 Å². The number of hydrogen-bond acceptors (Lipinski definition) is 5. The highest BCUT2D eigenvalue weighted by Gasteiger charge is 2.23. The van der Waals surface area contributed by atoms with Gasteiger partial charge in [0.1, 0.15) is 23.9 Å². The second kappa shape index (κ2) is 9.80. The Morgan fingerprint density at radius 3 is 2.69 bits per heavy atom. The van der Waals surface area contributed by atoms with Crippen LogP contribution >= 0.6 is 11.3 Å². The van der Waals surface area contributed by atoms with Gasteiger partial charge in [-0.3, -0.25) is 9.69 Å². The largest absolute Gasteiger partial charge is 0.508 e. The minimum atomic E-state index is -0.441. The van der Waals surface area contributed by atoms with Crippen LogP contribution in [0.4, 0.5) is 4.39 Å². The lowest BCUT2D eigenvalue weighted by atomic mass is 9.96. The molecular formula is C29H28FNO3S. The lowest BCUT2D eigenvalue weighted by molar-refractivity contribution is 0.104. The fourth-order valence-corrected chi connectivity index (χ4v) is 5.94. The molecule has 1 N–H and O–H groups in total. The number of phenols is 1. The highest BCUT2D eigenvalue weighted by molar-refractivity contribution is 7.21. The molecule has 0 aliphatic carbocycles. The predicted octanol–water partition coefficient (Wildman–Crippen LogP) is 6.67. The molecule has 1 aromatic heterocycles. The highest BCUT2D eigenvalue weighted by Crippen LogP contribution is 2.42. The Bertz CT molecular complexity index is 1380. The van der Waals surface area contributed by atoms with E-state index in [1.807, 2.05) is 30.3 Å². The van der Waals surface area contributed by atoms with Crippen molar-refractivity contribution in [3.63, 3.8) is 0 Å². The smallest absolute Gasteiger partial charge is 0.203 e. The zero-order chi connectivity index (χ0) is 24.5. The van der Waals surface area contributed by atoms with Crippen LogP contribution in [0, 0.1) is 18.7 Å². The van der Waals surface area contributed by atoms with Crippen LogP contribution in [0.3, 0.4) is 0 Å². The molecule has 3 aromatic carbocycles. The van der Waals surface area contributed by atoms with Gasteiger partial charge in [0.25, 0.3) is 0 Å². The predicted molar refractivity (Wildman–Crippen MR) is 139 cm³/mol. The van der Waals surface area contributed by atoms with Gasteiger partial charge in [0.2, 0.25) is 5.78 Å². The van der Waals surface area contributed by atoms with Gasteiger partial charge in [-0.25, -0.2) is 4.39 Å². The van der Waals surface area contributed by atoms with Gasteiger partial charge in [0, 0.05) is 34.3 Å². The first-order chi connectivity index (χ1) is 16.9. The number of carbonyl (C=O) groups is 1. The first kappa shape index (κ1) is 23.5. The van der Waals surface area contributed by atoms with Crippen molar-refractivity contribution in [2.24, 2.45) is 5.92 Å². The van der Waals surface area contributed by atoms with Crippen molar-refractivity contribution < 1.29 is 19.0 Å². The van der Waals surface area contributed by atoms with E-state index >= 15 is 0 Å². The summed E-state index contributed by atoms with van der Waals surface area (Å²) in [6, 6.07) is 17.1. The second-order valence-electron chi connectivity index (χ2n) is 9.34. The maximum atomic E-state index is 14.0. The number of rotatable bonds is 7. The molecule has 1 fully saturated rings. The van der Waals surface area contributed by atoms with Crippen molar-refractivity contribution in [2.45, 2.75) is 20.3 Å². The van der Waals surface area contributed by atoms with Crippen molar-refractivity contribution in [1.82, 2.24) is 4.90 Å². The van der Waals surface area contributed by atoms with Gasteiger partial charge in [-0.1, -0.05) is 25.1 Å². The van der Waals surface area contributed by atoms with Crippen molar-refractivity contribution in [3.05, 3.63) is 82.5 Å². The molecule has 180 valence electrons. The number of aryl methyl sites for hydroxylation is 1. The molecule has 35 heavy (non-hydrogen) atoms. The number of likely N-dealkylation sites (tertiary alicyclic amines) is 1. The number of hydrogen-bond donors (Lipinski definition) is 1. The van der Waals surface area contributed by atoms with E-state index in [4.69, 9.17) is 4.74 Å². The van der Waals surface area contributed by atoms with E-state index in [0.717, 1.165) is 58.1 Å². The molecule has 0 unspecified atom stereocenters. The summed E-state index contributed by atoms with van der Waals surface area (Å²) in [7, 11) is 0. The van der Waals surface area contributed by atoms with E-state index in [1.54, 1.807) is 25.1 Å². The Hall–Kier alpha value is -3.22. The molecule has 0 bridgehead atoms. The third-order valence-corrected chi connectivity index (χ3v) is 7.80. The van der Waals surface area contributed by atoms with Crippen LogP contribution in [0.1, 0.15) is 34.1 Å². The van der Waals surface area contributed by atoms with Crippen LogP contribution in [-0.2, 0) is 0 Å². The Morgan fingerprint density at radius 2 is 1.94 bits per heavy atom. The summed E-state index contributed by atoms with van der Waals surface area (Å²) in [5.41, 5.74) is 2.73. The Morgan fingerprint density at radius 1 is 1.14 bits per heavy atom. The monoisotopic (exact) mass is 489 g/mol. The number of thiophene rings is 1. The van der Waals surface area contributed by atoms with Crippen molar-refractivity contribution in [3.8, 4) is 22.6 Å². The molecular weight excluding hydrogens is 461 g/mol. The van der Waals surface area contributed by atoms with Crippen LogP contribution in [0.25, 0.3) is 21.2 Å². The van der Waals surface area contributed by atoms with E-state index in [2.05, 4.69) is 11.8 Å². The van der Waals surface area contributed by atoms with Crippen LogP contribution in [-0.4, -0.2) is 42.0 Å². The first-order valence-corrected chi connectivity index (χ1v) is 12.7. The minimum Gasteiger partial charge on any atom is -0.508 e. The average molecular weight is 490 g/mol. The molecule has 1 aliphatic heterocycles. The molecule has 5 rings (SSSR count). The summed E-state index contributed by atoms with van der Waals surface area (Å²) in [4.78, 5) is 16.5. The van der Waals surface area contributed by atoms with Crippen molar-refractivity contribution >= 4 is 27.2 Å². The fraction of sp³-hybridized carbons (Fsp3) is 0.276. The molecule has 1 aliphatic rings. The van der Waals surface area contributed by atoms with Crippen LogP contribution in [0.2, 0.25) is 0 Å². The topological polar surface area (TPSA) is 49.8 Å². The lowest BCUT2D eigenvalue weighted by Gasteiger charge is -2.15. The van der Waals surface area contributed by atoms with Gasteiger partial charge in [-0.15, -0.1) is 11.3 Å². The molecule has 0 amide bonds. The second-order valence-corrected chi connectivity index (χ2v) is 10.4. The summed E-state index contributed by atoms with van der Waals surface area (Å²) in [5, 5.41) is 10.9. The van der Waals surface area contributed by atoms with Crippen LogP contribution in [0.15, 0.2) is 60.7 Å². The molecule has 0 radical (unpaired) electrons. The third kappa shape index (κ3) is 4.95. The Kier molecular flexibility index (Phi) is 6.58. The molecule has 4 aromatic rings. The van der Waals surface area contributed by atoms with Crippen LogP contribution < -0.4 is 4.74 Å². The van der Waals surface area contributed by atoms with E-state index in [1.165, 1.54) is 29.9 Å². The normalized spacial score (nSPS) is 16.1. The SMILES string of the molecule is Cc1ccc(F)cc1C(=O)c1sc2cc(O)ccc2c1-c1ccc(OCCN2CC[C@H](C)C2)cc1. The van der Waals surface area contributed by atoms with E-state index in [-0.39, 0.29) is 11.5 Å². The number of nitrogens with zero attached hydrogens (tertiary/aromatic N) is 1. The number of benzene rings is 3. The molecule has 4 nitrogen and oxygen atoms in total. The van der Waals surface area contributed by atoms with Gasteiger partial charge in [-0.05, 0) is 79.4 Å². The molecule has 0 saturated carbocycles. The Balaban J connectivity index is 1.45.